The fraction of sp³-hybridized carbons (Fsp3) is 0.462. The van der Waals surface area contributed by atoms with E-state index in [0.29, 0.717) is 5.65 Å². The number of hydrogen-bond acceptors (Lipinski definition) is 4. The van der Waals surface area contributed by atoms with Crippen LogP contribution in [-0.2, 0) is 10.0 Å². The maximum Gasteiger partial charge on any atom is 0.260 e. The fourth-order valence-corrected chi connectivity index (χ4v) is 3.64. The number of nitrogen functional groups attached to an aromatic ring is 1. The lowest BCUT2D eigenvalue weighted by atomic mass is 10.2. The van der Waals surface area contributed by atoms with Crippen LogP contribution in [0.4, 0.5) is 5.82 Å². The summed E-state index contributed by atoms with van der Waals surface area (Å²) in [5.41, 5.74) is 6.28. The Kier molecular flexibility index (Phi) is 4.29. The lowest BCUT2D eigenvalue weighted by Crippen LogP contribution is -2.33. The van der Waals surface area contributed by atoms with Gasteiger partial charge in [0.15, 0.2) is 10.8 Å². The first-order chi connectivity index (χ1) is 9.45. The molecule has 0 aliphatic rings. The summed E-state index contributed by atoms with van der Waals surface area (Å²) >= 11 is 0. The fourth-order valence-electron chi connectivity index (χ4n) is 2.15. The summed E-state index contributed by atoms with van der Waals surface area (Å²) < 4.78 is 29.0. The Morgan fingerprint density at radius 1 is 1.45 bits per heavy atom. The van der Waals surface area contributed by atoms with Crippen LogP contribution in [0.5, 0.6) is 0 Å². The number of fused-ring (bicyclic) bond motifs is 1. The molecule has 1 atom stereocenters. The molecule has 1 unspecified atom stereocenters. The number of anilines is 1. The van der Waals surface area contributed by atoms with Crippen molar-refractivity contribution in [3.05, 3.63) is 24.4 Å². The molecule has 0 radical (unpaired) electrons. The van der Waals surface area contributed by atoms with Crippen molar-refractivity contribution >= 4 is 21.5 Å². The van der Waals surface area contributed by atoms with E-state index in [2.05, 4.69) is 16.6 Å². The molecular weight excluding hydrogens is 276 g/mol. The van der Waals surface area contributed by atoms with Gasteiger partial charge in [0.2, 0.25) is 0 Å². The Balaban J connectivity index is 2.34. The number of imidazole rings is 1. The van der Waals surface area contributed by atoms with Crippen molar-refractivity contribution in [1.82, 2.24) is 14.1 Å². The number of pyridine rings is 1. The van der Waals surface area contributed by atoms with Crippen molar-refractivity contribution < 1.29 is 8.42 Å². The number of hydrogen-bond donors (Lipinski definition) is 2. The van der Waals surface area contributed by atoms with E-state index in [1.807, 2.05) is 6.92 Å². The van der Waals surface area contributed by atoms with Crippen molar-refractivity contribution in [2.45, 2.75) is 44.2 Å². The van der Waals surface area contributed by atoms with E-state index in [1.54, 1.807) is 24.4 Å². The van der Waals surface area contributed by atoms with Crippen LogP contribution in [0.2, 0.25) is 0 Å². The van der Waals surface area contributed by atoms with Crippen LogP contribution in [0.15, 0.2) is 29.4 Å². The second kappa shape index (κ2) is 5.80. The largest absolute Gasteiger partial charge is 0.381 e. The van der Waals surface area contributed by atoms with Crippen molar-refractivity contribution in [2.75, 3.05) is 5.73 Å². The summed E-state index contributed by atoms with van der Waals surface area (Å²) in [6.45, 7) is 3.93. The van der Waals surface area contributed by atoms with E-state index in [4.69, 9.17) is 5.73 Å². The number of aromatic nitrogens is 2. The van der Waals surface area contributed by atoms with Crippen LogP contribution in [0.1, 0.15) is 33.1 Å². The van der Waals surface area contributed by atoms with Gasteiger partial charge in [0.1, 0.15) is 5.65 Å². The molecule has 0 saturated heterocycles. The molecule has 6 nitrogen and oxygen atoms in total. The third-order valence-corrected chi connectivity index (χ3v) is 4.74. The Bertz CT molecular complexity index is 693. The van der Waals surface area contributed by atoms with Crippen LogP contribution < -0.4 is 10.5 Å². The number of nitrogens with zero attached hydrogens (tertiary/aromatic N) is 2. The minimum Gasteiger partial charge on any atom is -0.381 e. The summed E-state index contributed by atoms with van der Waals surface area (Å²) in [6.07, 6.45) is 4.45. The predicted molar refractivity (Wildman–Crippen MR) is 78.9 cm³/mol. The Labute approximate surface area is 119 Å². The first kappa shape index (κ1) is 14.8. The second-order valence-corrected chi connectivity index (χ2v) is 6.52. The summed E-state index contributed by atoms with van der Waals surface area (Å²) in [6, 6.07) is 5.12. The van der Waals surface area contributed by atoms with Crippen LogP contribution in [0.25, 0.3) is 5.65 Å². The van der Waals surface area contributed by atoms with Gasteiger partial charge in [-0.05, 0) is 25.5 Å². The third-order valence-electron chi connectivity index (χ3n) is 3.11. The highest BCUT2D eigenvalue weighted by Gasteiger charge is 2.25. The number of nitrogens with one attached hydrogen (secondary N) is 1. The quantitative estimate of drug-likeness (QED) is 0.850. The molecule has 0 spiro atoms. The van der Waals surface area contributed by atoms with Crippen LogP contribution >= 0.6 is 0 Å². The molecule has 0 aliphatic carbocycles. The van der Waals surface area contributed by atoms with E-state index in [0.717, 1.165) is 19.3 Å². The Hall–Kier alpha value is -1.60. The van der Waals surface area contributed by atoms with E-state index >= 15 is 0 Å². The minimum atomic E-state index is -3.68. The molecule has 2 rings (SSSR count). The van der Waals surface area contributed by atoms with Gasteiger partial charge in [-0.2, -0.15) is 0 Å². The number of sulfonamides is 1. The van der Waals surface area contributed by atoms with Gasteiger partial charge in [0.05, 0.1) is 0 Å². The van der Waals surface area contributed by atoms with E-state index < -0.39 is 10.0 Å². The van der Waals surface area contributed by atoms with Crippen molar-refractivity contribution in [1.29, 1.82) is 0 Å². The number of nitrogens with two attached hydrogens (primary N) is 1. The Morgan fingerprint density at radius 2 is 2.20 bits per heavy atom. The average Bonchev–Trinajstić information content (AvgIpc) is 2.72. The van der Waals surface area contributed by atoms with Gasteiger partial charge in [0.25, 0.3) is 10.0 Å². The average molecular weight is 296 g/mol. The molecule has 0 bridgehead atoms. The molecule has 110 valence electrons. The van der Waals surface area contributed by atoms with Crippen LogP contribution in [0.3, 0.4) is 0 Å². The van der Waals surface area contributed by atoms with Crippen molar-refractivity contribution in [3.8, 4) is 0 Å². The minimum absolute atomic E-state index is 0.0106. The molecular formula is C13H20N4O2S. The summed E-state index contributed by atoms with van der Waals surface area (Å²) in [5, 5.41) is 0.0106. The SMILES string of the molecule is CCCCC(C)NS(=O)(=O)c1c(N)nc2ccccn12. The van der Waals surface area contributed by atoms with Crippen molar-refractivity contribution in [3.63, 3.8) is 0 Å². The summed E-state index contributed by atoms with van der Waals surface area (Å²) in [5.74, 6) is 0.0198. The zero-order chi connectivity index (χ0) is 14.8. The molecule has 7 heteroatoms. The van der Waals surface area contributed by atoms with Crippen LogP contribution in [-0.4, -0.2) is 23.8 Å². The monoisotopic (exact) mass is 296 g/mol. The standard InChI is InChI=1S/C13H20N4O2S/c1-3-4-7-10(2)16-20(18,19)13-12(14)15-11-8-5-6-9-17(11)13/h5-6,8-10,16H,3-4,7,14H2,1-2H3. The lowest BCUT2D eigenvalue weighted by Gasteiger charge is -2.13. The molecule has 0 saturated carbocycles. The first-order valence-corrected chi connectivity index (χ1v) is 8.19. The molecule has 0 amide bonds. The molecule has 20 heavy (non-hydrogen) atoms. The second-order valence-electron chi connectivity index (χ2n) is 4.90. The van der Waals surface area contributed by atoms with Gasteiger partial charge in [-0.1, -0.05) is 25.8 Å². The van der Waals surface area contributed by atoms with Gasteiger partial charge < -0.3 is 5.73 Å². The maximum absolute atomic E-state index is 12.4. The lowest BCUT2D eigenvalue weighted by molar-refractivity contribution is 0.531. The number of unbranched alkanes of at least 4 members (excludes halogenated alkanes) is 1. The summed E-state index contributed by atoms with van der Waals surface area (Å²) in [7, 11) is -3.68. The molecule has 0 aromatic carbocycles. The van der Waals surface area contributed by atoms with E-state index in [-0.39, 0.29) is 16.9 Å². The van der Waals surface area contributed by atoms with Gasteiger partial charge in [0, 0.05) is 12.2 Å². The molecule has 3 N–H and O–H groups in total. The zero-order valence-corrected chi connectivity index (χ0v) is 12.5. The van der Waals surface area contributed by atoms with E-state index in [1.165, 1.54) is 4.40 Å². The smallest absolute Gasteiger partial charge is 0.260 e. The molecule has 0 fully saturated rings. The highest BCUT2D eigenvalue weighted by molar-refractivity contribution is 7.89. The normalized spacial score (nSPS) is 13.7. The predicted octanol–water partition coefficient (Wildman–Crippen LogP) is 1.77. The summed E-state index contributed by atoms with van der Waals surface area (Å²) in [4.78, 5) is 4.07. The highest BCUT2D eigenvalue weighted by atomic mass is 32.2. The van der Waals surface area contributed by atoms with Gasteiger partial charge in [-0.3, -0.25) is 4.40 Å². The Morgan fingerprint density at radius 3 is 2.90 bits per heavy atom. The van der Waals surface area contributed by atoms with Gasteiger partial charge in [-0.15, -0.1) is 0 Å². The van der Waals surface area contributed by atoms with E-state index in [9.17, 15) is 8.42 Å². The zero-order valence-electron chi connectivity index (χ0n) is 11.7. The van der Waals surface area contributed by atoms with Gasteiger partial charge >= 0.3 is 0 Å². The molecule has 2 aromatic rings. The molecule has 0 aliphatic heterocycles. The molecule has 2 heterocycles. The number of rotatable bonds is 6. The first-order valence-electron chi connectivity index (χ1n) is 6.70. The maximum atomic E-state index is 12.4. The highest BCUT2D eigenvalue weighted by Crippen LogP contribution is 2.20. The van der Waals surface area contributed by atoms with Crippen molar-refractivity contribution in [2.24, 2.45) is 0 Å². The topological polar surface area (TPSA) is 89.5 Å². The third kappa shape index (κ3) is 2.94. The molecule has 2 aromatic heterocycles. The van der Waals surface area contributed by atoms with Gasteiger partial charge in [-0.25, -0.2) is 18.1 Å². The van der Waals surface area contributed by atoms with Crippen LogP contribution in [0, 0.1) is 0 Å².